The fraction of sp³-hybridized carbons (Fsp3) is 0.273. The van der Waals surface area contributed by atoms with Crippen LogP contribution in [-0.4, -0.2) is 15.9 Å². The van der Waals surface area contributed by atoms with Gasteiger partial charge in [-0.3, -0.25) is 4.79 Å². The number of hydrogen-bond donors (Lipinski definition) is 2. The molecule has 5 nitrogen and oxygen atoms in total. The van der Waals surface area contributed by atoms with Crippen LogP contribution in [0.25, 0.3) is 0 Å². The van der Waals surface area contributed by atoms with Crippen molar-refractivity contribution in [3.05, 3.63) is 75.0 Å². The molecule has 0 unspecified atom stereocenters. The average Bonchev–Trinajstić information content (AvgIpc) is 3.19. The fourth-order valence-corrected chi connectivity index (χ4v) is 3.39. The van der Waals surface area contributed by atoms with Crippen LogP contribution >= 0.6 is 23.2 Å². The molecule has 2 aromatic carbocycles. The Kier molecular flexibility index (Phi) is 7.86. The van der Waals surface area contributed by atoms with Gasteiger partial charge in [-0.2, -0.15) is 13.2 Å². The van der Waals surface area contributed by atoms with Crippen molar-refractivity contribution in [1.82, 2.24) is 15.3 Å². The third-order valence-corrected chi connectivity index (χ3v) is 5.29. The highest BCUT2D eigenvalue weighted by atomic mass is 35.5. The number of H-pyrrole nitrogens is 1. The van der Waals surface area contributed by atoms with E-state index in [9.17, 15) is 18.0 Å². The van der Waals surface area contributed by atoms with Crippen LogP contribution in [0.1, 0.15) is 46.9 Å². The highest BCUT2D eigenvalue weighted by Crippen LogP contribution is 2.38. The molecule has 1 aromatic heterocycles. The number of unbranched alkanes of at least 4 members (excludes halogenated alkanes) is 1. The summed E-state index contributed by atoms with van der Waals surface area (Å²) in [6.07, 6.45) is -1.47. The zero-order chi connectivity index (χ0) is 24.2. The number of alkyl halides is 3. The first-order chi connectivity index (χ1) is 15.6. The number of halogens is 6. The Morgan fingerprint density at radius 1 is 1.21 bits per heavy atom. The number of nitrogens with one attached hydrogen (secondary N) is 2. The molecular formula is C22H19Cl2F4N3O2. The molecule has 33 heavy (non-hydrogen) atoms. The molecule has 0 aliphatic heterocycles. The second-order valence-corrected chi connectivity index (χ2v) is 7.95. The van der Waals surface area contributed by atoms with Gasteiger partial charge < -0.3 is 15.0 Å². The third kappa shape index (κ3) is 6.17. The predicted octanol–water partition coefficient (Wildman–Crippen LogP) is 6.94. The van der Waals surface area contributed by atoms with E-state index in [0.717, 1.165) is 18.6 Å². The minimum absolute atomic E-state index is 0.00703. The molecular weight excluding hydrogens is 485 g/mol. The summed E-state index contributed by atoms with van der Waals surface area (Å²) in [7, 11) is 0. The molecule has 176 valence electrons. The molecule has 0 aliphatic rings. The highest BCUT2D eigenvalue weighted by Gasteiger charge is 2.31. The monoisotopic (exact) mass is 503 g/mol. The van der Waals surface area contributed by atoms with E-state index in [1.54, 1.807) is 0 Å². The van der Waals surface area contributed by atoms with Gasteiger partial charge in [0.2, 0.25) is 0 Å². The number of aryl methyl sites for hydroxylation is 1. The first kappa shape index (κ1) is 24.9. The van der Waals surface area contributed by atoms with E-state index in [4.69, 9.17) is 27.9 Å². The van der Waals surface area contributed by atoms with E-state index in [1.165, 1.54) is 24.5 Å². The summed E-state index contributed by atoms with van der Waals surface area (Å²) in [4.78, 5) is 18.4. The summed E-state index contributed by atoms with van der Waals surface area (Å²) in [5.74, 6) is -2.19. The quantitative estimate of drug-likeness (QED) is 0.327. The number of rotatable bonds is 8. The molecule has 0 fully saturated rings. The van der Waals surface area contributed by atoms with Gasteiger partial charge in [0.05, 0.1) is 16.9 Å². The molecule has 1 heterocycles. The predicted molar refractivity (Wildman–Crippen MR) is 116 cm³/mol. The highest BCUT2D eigenvalue weighted by molar-refractivity contribution is 6.32. The minimum atomic E-state index is -4.59. The van der Waals surface area contributed by atoms with E-state index in [1.807, 2.05) is 6.92 Å². The number of nitrogens with zero attached hydrogens (tertiary/aromatic N) is 1. The van der Waals surface area contributed by atoms with Gasteiger partial charge in [-0.05, 0) is 42.7 Å². The van der Waals surface area contributed by atoms with Crippen molar-refractivity contribution in [3.8, 4) is 11.5 Å². The maximum absolute atomic E-state index is 15.1. The van der Waals surface area contributed by atoms with Crippen LogP contribution in [0.5, 0.6) is 11.5 Å². The molecule has 0 saturated carbocycles. The van der Waals surface area contributed by atoms with Gasteiger partial charge in [-0.1, -0.05) is 42.6 Å². The number of carbonyl (C=O) groups excluding carboxylic acids is 1. The topological polar surface area (TPSA) is 67.0 Å². The number of benzene rings is 2. The first-order valence-corrected chi connectivity index (χ1v) is 10.7. The van der Waals surface area contributed by atoms with Crippen LogP contribution in [0.2, 0.25) is 10.2 Å². The number of aromatic nitrogens is 2. The van der Waals surface area contributed by atoms with E-state index in [-0.39, 0.29) is 33.7 Å². The van der Waals surface area contributed by atoms with Crippen LogP contribution in [0, 0.1) is 5.82 Å². The Balaban J connectivity index is 1.86. The first-order valence-electron chi connectivity index (χ1n) is 9.93. The molecule has 0 atom stereocenters. The lowest BCUT2D eigenvalue weighted by atomic mass is 10.0. The maximum atomic E-state index is 15.1. The van der Waals surface area contributed by atoms with Crippen molar-refractivity contribution in [2.45, 2.75) is 38.9 Å². The van der Waals surface area contributed by atoms with Crippen LogP contribution < -0.4 is 10.1 Å². The number of carbonyl (C=O) groups is 1. The summed E-state index contributed by atoms with van der Waals surface area (Å²) >= 11 is 11.9. The molecule has 0 saturated heterocycles. The van der Waals surface area contributed by atoms with Crippen molar-refractivity contribution in [1.29, 1.82) is 0 Å². The van der Waals surface area contributed by atoms with Gasteiger partial charge in [0.25, 0.3) is 5.91 Å². The lowest BCUT2D eigenvalue weighted by molar-refractivity contribution is -0.137. The fourth-order valence-electron chi connectivity index (χ4n) is 3.03. The number of amides is 1. The van der Waals surface area contributed by atoms with Crippen LogP contribution in [0.4, 0.5) is 17.6 Å². The van der Waals surface area contributed by atoms with Gasteiger partial charge >= 0.3 is 6.18 Å². The summed E-state index contributed by atoms with van der Waals surface area (Å²) < 4.78 is 60.6. The van der Waals surface area contributed by atoms with Gasteiger partial charge in [-0.25, -0.2) is 9.37 Å². The average molecular weight is 504 g/mol. The van der Waals surface area contributed by atoms with Crippen LogP contribution in [-0.2, 0) is 19.1 Å². The van der Waals surface area contributed by atoms with E-state index in [2.05, 4.69) is 15.3 Å². The Morgan fingerprint density at radius 3 is 2.61 bits per heavy atom. The molecule has 2 N–H and O–H groups in total. The summed E-state index contributed by atoms with van der Waals surface area (Å²) in [5.41, 5.74) is -0.543. The molecule has 0 radical (unpaired) electrons. The zero-order valence-corrected chi connectivity index (χ0v) is 18.8. The Labute approximate surface area is 197 Å². The lowest BCUT2D eigenvalue weighted by Gasteiger charge is -2.15. The van der Waals surface area contributed by atoms with Gasteiger partial charge in [0, 0.05) is 12.1 Å². The number of ether oxygens (including phenoxy) is 1. The van der Waals surface area contributed by atoms with Gasteiger partial charge in [-0.15, -0.1) is 0 Å². The van der Waals surface area contributed by atoms with Crippen LogP contribution in [0.3, 0.4) is 0 Å². The van der Waals surface area contributed by atoms with Gasteiger partial charge in [0.15, 0.2) is 17.3 Å². The molecule has 1 amide bonds. The molecule has 0 bridgehead atoms. The maximum Gasteiger partial charge on any atom is 0.416 e. The molecule has 3 aromatic rings. The van der Waals surface area contributed by atoms with Crippen molar-refractivity contribution in [2.24, 2.45) is 0 Å². The largest absolute Gasteiger partial charge is 0.453 e. The Morgan fingerprint density at radius 2 is 1.97 bits per heavy atom. The summed E-state index contributed by atoms with van der Waals surface area (Å²) in [5, 5.41) is 2.35. The molecule has 0 aliphatic carbocycles. The van der Waals surface area contributed by atoms with Crippen molar-refractivity contribution >= 4 is 29.1 Å². The van der Waals surface area contributed by atoms with Gasteiger partial charge in [0.1, 0.15) is 10.9 Å². The van der Waals surface area contributed by atoms with Crippen molar-refractivity contribution < 1.29 is 27.1 Å². The van der Waals surface area contributed by atoms with Crippen molar-refractivity contribution in [3.63, 3.8) is 0 Å². The molecule has 3 rings (SSSR count). The summed E-state index contributed by atoms with van der Waals surface area (Å²) in [6, 6.07) is 5.92. The number of aromatic amines is 1. The minimum Gasteiger partial charge on any atom is -0.453 e. The van der Waals surface area contributed by atoms with E-state index in [0.29, 0.717) is 18.4 Å². The third-order valence-electron chi connectivity index (χ3n) is 4.71. The SMILES string of the molecule is CCCCc1cc(Oc2c(Cl)ccc(CNC(=O)c3nc[nH]c3Cl)c2F)cc(C(F)(F)F)c1. The second kappa shape index (κ2) is 10.4. The second-order valence-electron chi connectivity index (χ2n) is 7.17. The summed E-state index contributed by atoms with van der Waals surface area (Å²) in [6.45, 7) is 1.66. The van der Waals surface area contributed by atoms with Crippen LogP contribution in [0.15, 0.2) is 36.7 Å². The van der Waals surface area contributed by atoms with E-state index < -0.39 is 29.2 Å². The van der Waals surface area contributed by atoms with E-state index >= 15 is 4.39 Å². The Bertz CT molecular complexity index is 1150. The smallest absolute Gasteiger partial charge is 0.416 e. The number of hydrogen-bond acceptors (Lipinski definition) is 3. The zero-order valence-electron chi connectivity index (χ0n) is 17.3. The molecule has 0 spiro atoms. The molecule has 11 heteroatoms. The Hall–Kier alpha value is -2.78. The van der Waals surface area contributed by atoms with Crippen molar-refractivity contribution in [2.75, 3.05) is 0 Å². The normalized spacial score (nSPS) is 11.5. The number of imidazole rings is 1. The standard InChI is InChI=1S/C22H19Cl2F4N3O2/c1-2-3-4-12-7-14(22(26,27)28)9-15(8-12)33-19-16(23)6-5-13(17(19)25)10-29-21(32)18-20(24)31-11-30-18/h5-9,11H,2-4,10H2,1H3,(H,29,32)(H,30,31). The lowest BCUT2D eigenvalue weighted by Crippen LogP contribution is -2.24.